The van der Waals surface area contributed by atoms with Gasteiger partial charge in [-0.15, -0.1) is 0 Å². The molecule has 0 saturated carbocycles. The number of H-pyrrole nitrogens is 1. The normalized spacial score (nSPS) is 33.2. The molecule has 3 N–H and O–H groups in total. The maximum Gasteiger partial charge on any atom is 0.509 e. The molecule has 2 unspecified atom stereocenters. The Hall–Kier alpha value is -3.07. The number of imidazole rings is 1. The van der Waals surface area contributed by atoms with E-state index in [0.29, 0.717) is 11.4 Å². The van der Waals surface area contributed by atoms with E-state index in [2.05, 4.69) is 15.0 Å². The molecule has 10 atom stereocenters. The monoisotopic (exact) mass is 739 g/mol. The third-order valence-corrected chi connectivity index (χ3v) is 11.2. The Morgan fingerprint density at radius 1 is 1.15 bits per heavy atom. The second-order valence-electron chi connectivity index (χ2n) is 10.7. The molecular formula is C24H29F2N7O12P2S. The number of alkyl halides is 2. The summed E-state index contributed by atoms with van der Waals surface area (Å²) >= 11 is 0.350. The van der Waals surface area contributed by atoms with Crippen LogP contribution < -0.4 is 17.0 Å². The van der Waals surface area contributed by atoms with E-state index in [1.807, 2.05) is 4.98 Å². The SMILES string of the molecule is CC(C)OC(=O)OCSP1(=O)OC[C@H]2O[C@@H](n3ccc(=O)[nH]c3=O)[C@H](OPOC[C@H]3O[C@@H](n4cnc5c(N)ncnc54)[C@H](O1)[C@@H]3F)[C@@H]2F. The highest BCUT2D eigenvalue weighted by Crippen LogP contribution is 2.63. The van der Waals surface area contributed by atoms with Gasteiger partial charge in [-0.05, 0) is 13.8 Å². The van der Waals surface area contributed by atoms with Crippen LogP contribution in [0.4, 0.5) is 19.4 Å². The van der Waals surface area contributed by atoms with E-state index < -0.39 is 108 Å². The van der Waals surface area contributed by atoms with Gasteiger partial charge in [0.2, 0.25) is 0 Å². The minimum atomic E-state index is -4.61. The van der Waals surface area contributed by atoms with Crippen molar-refractivity contribution in [1.29, 1.82) is 0 Å². The summed E-state index contributed by atoms with van der Waals surface area (Å²) in [6, 6.07) is 1.03. The Labute approximate surface area is 274 Å². The lowest BCUT2D eigenvalue weighted by Gasteiger charge is -2.26. The minimum Gasteiger partial charge on any atom is -0.432 e. The van der Waals surface area contributed by atoms with Gasteiger partial charge in [-0.25, -0.2) is 37.9 Å². The standard InChI is InChI=1S/C24H29F2N7O12P2S/c1-10(2)41-24(36)38-9-48-47(37)40-6-12-14(25)17(21(43-12)32-4-3-13(34)31-23(32)35)44-46-39-5-11-15(26)18(45-47)22(42-11)33-8-30-16-19(27)28-7-29-20(16)33/h3-4,7-8,10-12,14-15,17-18,21-22,46H,5-6,9H2,1-2H3,(H2,27,28,29)(H,31,34,35)/t11-,12-,14-,15-,17-,18-,21-,22-,47?/m1/s1. The number of hydrogen-bond donors (Lipinski definition) is 2. The van der Waals surface area contributed by atoms with Crippen molar-refractivity contribution < 1.29 is 55.2 Å². The number of ether oxygens (including phenoxy) is 4. The fourth-order valence-corrected chi connectivity index (χ4v) is 8.42. The number of halogens is 2. The number of nitrogens with one attached hydrogen (secondary N) is 1. The van der Waals surface area contributed by atoms with E-state index in [9.17, 15) is 18.9 Å². The second-order valence-corrected chi connectivity index (χ2v) is 15.4. The number of aromatic nitrogens is 6. The number of nitrogens with two attached hydrogens (primary N) is 1. The smallest absolute Gasteiger partial charge is 0.432 e. The van der Waals surface area contributed by atoms with Crippen LogP contribution in [0.15, 0.2) is 34.5 Å². The number of nitrogen functional groups attached to an aromatic ring is 1. The summed E-state index contributed by atoms with van der Waals surface area (Å²) in [4.78, 5) is 50.4. The van der Waals surface area contributed by atoms with Gasteiger partial charge in [0.15, 0.2) is 51.2 Å². The van der Waals surface area contributed by atoms with E-state index >= 15 is 8.78 Å². The summed E-state index contributed by atoms with van der Waals surface area (Å²) in [6.07, 6.45) is -10.9. The van der Waals surface area contributed by atoms with Crippen molar-refractivity contribution in [2.45, 2.75) is 69.2 Å². The number of carbonyl (C=O) groups is 1. The molecule has 3 fully saturated rings. The molecule has 0 radical (unpaired) electrons. The number of carbonyl (C=O) groups excluding carboxylic acids is 1. The van der Waals surface area contributed by atoms with Crippen LogP contribution in [0.1, 0.15) is 26.3 Å². The second kappa shape index (κ2) is 14.4. The van der Waals surface area contributed by atoms with Crippen LogP contribution >= 0.6 is 27.2 Å². The Kier molecular flexibility index (Phi) is 10.4. The number of fused-ring (bicyclic) bond motifs is 5. The van der Waals surface area contributed by atoms with Gasteiger partial charge in [-0.1, -0.05) is 0 Å². The predicted octanol–water partition coefficient (Wildman–Crippen LogP) is 2.12. The topological polar surface area (TPSA) is 232 Å². The Bertz CT molecular complexity index is 1800. The fourth-order valence-electron chi connectivity index (χ4n) is 5.01. The van der Waals surface area contributed by atoms with Gasteiger partial charge in [0.05, 0.1) is 25.6 Å². The van der Waals surface area contributed by atoms with Crippen molar-refractivity contribution in [2.75, 3.05) is 24.9 Å². The molecule has 3 saturated heterocycles. The summed E-state index contributed by atoms with van der Waals surface area (Å²) in [5.41, 5.74) is 4.63. The van der Waals surface area contributed by atoms with E-state index in [1.54, 1.807) is 13.8 Å². The highest BCUT2D eigenvalue weighted by Gasteiger charge is 2.53. The molecule has 262 valence electrons. The molecule has 0 aromatic carbocycles. The average molecular weight is 740 g/mol. The maximum atomic E-state index is 16.1. The molecule has 3 aromatic rings. The summed E-state index contributed by atoms with van der Waals surface area (Å²) in [7, 11) is -0.884. The molecule has 3 aliphatic heterocycles. The number of anilines is 1. The molecule has 24 heteroatoms. The maximum absolute atomic E-state index is 16.1. The third-order valence-electron chi connectivity index (χ3n) is 7.17. The first-order chi connectivity index (χ1) is 22.9. The predicted molar refractivity (Wildman–Crippen MR) is 161 cm³/mol. The molecule has 0 spiro atoms. The molecule has 3 aliphatic rings. The Morgan fingerprint density at radius 2 is 1.88 bits per heavy atom. The average Bonchev–Trinajstić information content (AvgIpc) is 3.68. The van der Waals surface area contributed by atoms with Gasteiger partial charge in [-0.2, -0.15) is 0 Å². The number of hydrogen-bond acceptors (Lipinski definition) is 17. The van der Waals surface area contributed by atoms with Gasteiger partial charge in [0, 0.05) is 23.6 Å². The highest BCUT2D eigenvalue weighted by atomic mass is 32.7. The van der Waals surface area contributed by atoms with Crippen molar-refractivity contribution in [1.82, 2.24) is 29.1 Å². The van der Waals surface area contributed by atoms with Gasteiger partial charge in [-0.3, -0.25) is 28.0 Å². The largest absolute Gasteiger partial charge is 0.509 e. The molecule has 48 heavy (non-hydrogen) atoms. The van der Waals surface area contributed by atoms with Gasteiger partial charge in [0.1, 0.15) is 36.3 Å². The number of nitrogens with zero attached hydrogens (tertiary/aromatic N) is 5. The summed E-state index contributed by atoms with van der Waals surface area (Å²) in [5, 5.41) is 0. The van der Waals surface area contributed by atoms with Gasteiger partial charge >= 0.3 is 18.6 Å². The van der Waals surface area contributed by atoms with Crippen LogP contribution in [-0.2, 0) is 41.6 Å². The zero-order valence-electron chi connectivity index (χ0n) is 25.0. The van der Waals surface area contributed by atoms with Crippen molar-refractivity contribution in [3.05, 3.63) is 45.8 Å². The van der Waals surface area contributed by atoms with Gasteiger partial charge < -0.3 is 33.7 Å². The lowest BCUT2D eigenvalue weighted by atomic mass is 10.1. The first kappa shape index (κ1) is 34.8. The van der Waals surface area contributed by atoms with E-state index in [4.69, 9.17) is 42.8 Å². The van der Waals surface area contributed by atoms with Crippen molar-refractivity contribution in [3.8, 4) is 0 Å². The zero-order valence-corrected chi connectivity index (χ0v) is 27.7. The van der Waals surface area contributed by atoms with Crippen LogP contribution in [0, 0.1) is 0 Å². The third kappa shape index (κ3) is 7.26. The summed E-state index contributed by atoms with van der Waals surface area (Å²) in [6.45, 7) is -2.65. The zero-order chi connectivity index (χ0) is 34.2. The molecule has 4 bridgehead atoms. The molecule has 6 heterocycles. The molecule has 3 aromatic heterocycles. The van der Waals surface area contributed by atoms with E-state index in [0.717, 1.165) is 23.2 Å². The van der Waals surface area contributed by atoms with Gasteiger partial charge in [0.25, 0.3) is 5.56 Å². The van der Waals surface area contributed by atoms with Crippen LogP contribution in [0.2, 0.25) is 0 Å². The molecular weight excluding hydrogens is 710 g/mol. The molecule has 19 nitrogen and oxygen atoms in total. The van der Waals surface area contributed by atoms with E-state index in [1.165, 1.54) is 10.9 Å². The van der Waals surface area contributed by atoms with Crippen LogP contribution in [0.25, 0.3) is 11.2 Å². The fraction of sp³-hybridized carbons (Fsp3) is 0.583. The van der Waals surface area contributed by atoms with Crippen molar-refractivity contribution >= 4 is 50.4 Å². The molecule has 0 amide bonds. The van der Waals surface area contributed by atoms with Crippen molar-refractivity contribution in [3.63, 3.8) is 0 Å². The highest BCUT2D eigenvalue weighted by molar-refractivity contribution is 8.55. The van der Waals surface area contributed by atoms with Crippen LogP contribution in [0.3, 0.4) is 0 Å². The van der Waals surface area contributed by atoms with E-state index in [-0.39, 0.29) is 17.0 Å². The Morgan fingerprint density at radius 3 is 2.62 bits per heavy atom. The number of rotatable bonds is 6. The lowest BCUT2D eigenvalue weighted by molar-refractivity contribution is -0.0573. The number of aromatic amines is 1. The summed E-state index contributed by atoms with van der Waals surface area (Å²) in [5.74, 6) is -0.606. The summed E-state index contributed by atoms with van der Waals surface area (Å²) < 4.78 is 92.7. The van der Waals surface area contributed by atoms with Crippen LogP contribution in [0.5, 0.6) is 0 Å². The van der Waals surface area contributed by atoms with Crippen molar-refractivity contribution in [2.24, 2.45) is 0 Å². The quantitative estimate of drug-likeness (QED) is 0.209. The molecule has 6 rings (SSSR count). The first-order valence-corrected chi connectivity index (χ1v) is 18.2. The van der Waals surface area contributed by atoms with Crippen LogP contribution in [-0.4, -0.2) is 97.2 Å². The first-order valence-electron chi connectivity index (χ1n) is 14.2. The minimum absolute atomic E-state index is 0.0379. The molecule has 0 aliphatic carbocycles. The Balaban J connectivity index is 1.31. The lowest BCUT2D eigenvalue weighted by Crippen LogP contribution is -2.37.